The van der Waals surface area contributed by atoms with Crippen molar-refractivity contribution >= 4 is 12.1 Å². The lowest BCUT2D eigenvalue weighted by atomic mass is 10.1. The van der Waals surface area contributed by atoms with Crippen molar-refractivity contribution in [1.29, 1.82) is 0 Å². The van der Waals surface area contributed by atoms with E-state index in [0.29, 0.717) is 17.9 Å². The number of carbonyl (C=O) groups is 1. The number of hydrazone groups is 1. The first-order valence-corrected chi connectivity index (χ1v) is 11.2. The molecule has 1 heterocycles. The van der Waals surface area contributed by atoms with Crippen LogP contribution in [0, 0.1) is 0 Å². The summed E-state index contributed by atoms with van der Waals surface area (Å²) in [5, 5.41) is 29.8. The summed E-state index contributed by atoms with van der Waals surface area (Å²) < 4.78 is 5.80. The fourth-order valence-corrected chi connectivity index (χ4v) is 3.24. The smallest absolute Gasteiger partial charge is 0.289 e. The Labute approximate surface area is 193 Å². The number of unbranched alkanes of at least 4 members (excludes halogenated alkanes) is 5. The lowest BCUT2D eigenvalue weighted by Crippen LogP contribution is -2.18. The van der Waals surface area contributed by atoms with Crippen molar-refractivity contribution in [3.05, 3.63) is 59.8 Å². The topological polar surface area (TPSA) is 120 Å². The van der Waals surface area contributed by atoms with E-state index in [1.807, 2.05) is 24.3 Å². The molecule has 8 heteroatoms. The summed E-state index contributed by atoms with van der Waals surface area (Å²) in [5.74, 6) is 0.141. The van der Waals surface area contributed by atoms with Gasteiger partial charge in [-0.25, -0.2) is 5.43 Å². The molecule has 4 N–H and O–H groups in total. The maximum atomic E-state index is 12.3. The number of amides is 1. The molecule has 0 atom stereocenters. The quantitative estimate of drug-likeness (QED) is 0.176. The maximum absolute atomic E-state index is 12.3. The van der Waals surface area contributed by atoms with E-state index in [2.05, 4.69) is 27.6 Å². The summed E-state index contributed by atoms with van der Waals surface area (Å²) in [5.41, 5.74) is 4.47. The second kappa shape index (κ2) is 12.3. The highest BCUT2D eigenvalue weighted by molar-refractivity contribution is 5.94. The van der Waals surface area contributed by atoms with E-state index >= 15 is 0 Å². The summed E-state index contributed by atoms with van der Waals surface area (Å²) in [7, 11) is 0. The van der Waals surface area contributed by atoms with Crippen LogP contribution in [0.15, 0.2) is 53.6 Å². The molecule has 3 aromatic rings. The highest BCUT2D eigenvalue weighted by Gasteiger charge is 2.11. The summed E-state index contributed by atoms with van der Waals surface area (Å²) in [4.78, 5) is 12.3. The SMILES string of the molecule is CCCCCCCCOc1ccc(-c2cc(C(=O)NN=Cc3ccc(O)cc3O)[nH]n2)cc1. The van der Waals surface area contributed by atoms with Gasteiger partial charge in [-0.15, -0.1) is 0 Å². The van der Waals surface area contributed by atoms with E-state index in [1.165, 1.54) is 56.5 Å². The molecule has 1 aromatic heterocycles. The van der Waals surface area contributed by atoms with Gasteiger partial charge in [0.15, 0.2) is 0 Å². The normalized spacial score (nSPS) is 11.1. The lowest BCUT2D eigenvalue weighted by Gasteiger charge is -2.06. The van der Waals surface area contributed by atoms with Crippen LogP contribution in [0.4, 0.5) is 0 Å². The number of H-pyrrole nitrogens is 1. The van der Waals surface area contributed by atoms with Gasteiger partial charge in [0, 0.05) is 17.2 Å². The van der Waals surface area contributed by atoms with Crippen LogP contribution in [0.1, 0.15) is 61.5 Å². The molecule has 0 saturated heterocycles. The van der Waals surface area contributed by atoms with E-state index in [9.17, 15) is 15.0 Å². The number of hydrogen-bond acceptors (Lipinski definition) is 6. The van der Waals surface area contributed by atoms with Crippen LogP contribution in [0.5, 0.6) is 17.2 Å². The largest absolute Gasteiger partial charge is 0.508 e. The summed E-state index contributed by atoms with van der Waals surface area (Å²) >= 11 is 0. The van der Waals surface area contributed by atoms with Crippen molar-refractivity contribution in [3.63, 3.8) is 0 Å². The Kier molecular flexibility index (Phi) is 8.88. The van der Waals surface area contributed by atoms with E-state index in [4.69, 9.17) is 4.74 Å². The van der Waals surface area contributed by atoms with Crippen molar-refractivity contribution in [2.75, 3.05) is 6.61 Å². The standard InChI is InChI=1S/C25H30N4O4/c1-2-3-4-5-6-7-14-33-21-12-9-18(10-13-21)22-16-23(28-27-22)25(32)29-26-17-19-8-11-20(30)15-24(19)31/h8-13,15-17,30-31H,2-7,14H2,1H3,(H,27,28)(H,29,32). The second-order valence-electron chi connectivity index (χ2n) is 7.75. The zero-order valence-corrected chi connectivity index (χ0v) is 18.8. The minimum absolute atomic E-state index is 0.0592. The molecule has 0 aliphatic heterocycles. The fraction of sp³-hybridized carbons (Fsp3) is 0.320. The molecular formula is C25H30N4O4. The van der Waals surface area contributed by atoms with Crippen LogP contribution in [-0.2, 0) is 0 Å². The van der Waals surface area contributed by atoms with Gasteiger partial charge in [-0.05, 0) is 48.9 Å². The Morgan fingerprint density at radius 2 is 1.82 bits per heavy atom. The Morgan fingerprint density at radius 1 is 1.06 bits per heavy atom. The van der Waals surface area contributed by atoms with Crippen LogP contribution in [0.3, 0.4) is 0 Å². The first-order valence-electron chi connectivity index (χ1n) is 11.2. The van der Waals surface area contributed by atoms with Crippen LogP contribution >= 0.6 is 0 Å². The van der Waals surface area contributed by atoms with E-state index in [0.717, 1.165) is 17.7 Å². The monoisotopic (exact) mass is 450 g/mol. The predicted octanol–water partition coefficient (Wildman–Crippen LogP) is 4.99. The minimum Gasteiger partial charge on any atom is -0.508 e. The fourth-order valence-electron chi connectivity index (χ4n) is 3.24. The van der Waals surface area contributed by atoms with Gasteiger partial charge in [0.25, 0.3) is 5.91 Å². The lowest BCUT2D eigenvalue weighted by molar-refractivity contribution is 0.0950. The molecule has 3 rings (SSSR count). The Hall–Kier alpha value is -3.81. The van der Waals surface area contributed by atoms with Crippen molar-refractivity contribution < 1.29 is 19.7 Å². The van der Waals surface area contributed by atoms with E-state index in [-0.39, 0.29) is 17.2 Å². The zero-order chi connectivity index (χ0) is 23.5. The van der Waals surface area contributed by atoms with Crippen LogP contribution in [0.2, 0.25) is 0 Å². The molecule has 0 saturated carbocycles. The second-order valence-corrected chi connectivity index (χ2v) is 7.75. The number of carbonyl (C=O) groups excluding carboxylic acids is 1. The molecule has 0 spiro atoms. The highest BCUT2D eigenvalue weighted by Crippen LogP contribution is 2.22. The average Bonchev–Trinajstić information content (AvgIpc) is 3.31. The number of benzene rings is 2. The number of aromatic nitrogens is 2. The first kappa shape index (κ1) is 23.8. The van der Waals surface area contributed by atoms with Gasteiger partial charge in [0.05, 0.1) is 18.5 Å². The summed E-state index contributed by atoms with van der Waals surface area (Å²) in [6.07, 6.45) is 8.64. The van der Waals surface area contributed by atoms with Gasteiger partial charge < -0.3 is 14.9 Å². The minimum atomic E-state index is -0.470. The Bertz CT molecular complexity index is 1060. The van der Waals surface area contributed by atoms with Gasteiger partial charge in [-0.1, -0.05) is 39.0 Å². The van der Waals surface area contributed by atoms with Gasteiger partial charge >= 0.3 is 0 Å². The number of rotatable bonds is 12. The van der Waals surface area contributed by atoms with Crippen LogP contribution in [-0.4, -0.2) is 39.1 Å². The maximum Gasteiger partial charge on any atom is 0.289 e. The van der Waals surface area contributed by atoms with Crippen LogP contribution in [0.25, 0.3) is 11.3 Å². The summed E-state index contributed by atoms with van der Waals surface area (Å²) in [6, 6.07) is 13.3. The summed E-state index contributed by atoms with van der Waals surface area (Å²) in [6.45, 7) is 2.93. The molecule has 8 nitrogen and oxygen atoms in total. The first-order chi connectivity index (χ1) is 16.1. The Morgan fingerprint density at radius 3 is 2.58 bits per heavy atom. The van der Waals surface area contributed by atoms with Crippen molar-refractivity contribution in [1.82, 2.24) is 15.6 Å². The third-order valence-electron chi connectivity index (χ3n) is 5.12. The molecule has 33 heavy (non-hydrogen) atoms. The number of nitrogens with zero attached hydrogens (tertiary/aromatic N) is 2. The molecule has 0 aliphatic rings. The number of nitrogens with one attached hydrogen (secondary N) is 2. The molecule has 0 bridgehead atoms. The molecule has 2 aromatic carbocycles. The number of phenolic OH excluding ortho intramolecular Hbond substituents is 2. The van der Waals surface area contributed by atoms with Gasteiger partial charge in [0.1, 0.15) is 22.9 Å². The van der Waals surface area contributed by atoms with Crippen molar-refractivity contribution in [2.24, 2.45) is 5.10 Å². The number of ether oxygens (including phenoxy) is 1. The van der Waals surface area contributed by atoms with Crippen LogP contribution < -0.4 is 10.2 Å². The Balaban J connectivity index is 1.48. The molecule has 0 unspecified atom stereocenters. The average molecular weight is 451 g/mol. The van der Waals surface area contributed by atoms with Gasteiger partial charge in [-0.2, -0.15) is 10.2 Å². The van der Waals surface area contributed by atoms with Crippen molar-refractivity contribution in [3.8, 4) is 28.5 Å². The molecule has 1 amide bonds. The van der Waals surface area contributed by atoms with Gasteiger partial charge in [-0.3, -0.25) is 9.89 Å². The number of phenols is 2. The third kappa shape index (κ3) is 7.38. The predicted molar refractivity (Wildman–Crippen MR) is 128 cm³/mol. The molecule has 174 valence electrons. The van der Waals surface area contributed by atoms with E-state index in [1.54, 1.807) is 6.07 Å². The van der Waals surface area contributed by atoms with E-state index < -0.39 is 5.91 Å². The number of aromatic hydroxyl groups is 2. The van der Waals surface area contributed by atoms with Crippen molar-refractivity contribution in [2.45, 2.75) is 45.4 Å². The highest BCUT2D eigenvalue weighted by atomic mass is 16.5. The molecular weight excluding hydrogens is 420 g/mol. The number of hydrogen-bond donors (Lipinski definition) is 4. The molecule has 0 radical (unpaired) electrons. The number of aromatic amines is 1. The molecule has 0 fully saturated rings. The third-order valence-corrected chi connectivity index (χ3v) is 5.12. The van der Waals surface area contributed by atoms with Gasteiger partial charge in [0.2, 0.25) is 0 Å². The molecule has 0 aliphatic carbocycles. The zero-order valence-electron chi connectivity index (χ0n) is 18.8.